The molecule has 6 heteroatoms. The van der Waals surface area contributed by atoms with Gasteiger partial charge in [0.15, 0.2) is 0 Å². The fourth-order valence-corrected chi connectivity index (χ4v) is 4.29. The highest BCUT2D eigenvalue weighted by Gasteiger charge is 2.29. The van der Waals surface area contributed by atoms with E-state index in [0.29, 0.717) is 24.1 Å². The van der Waals surface area contributed by atoms with Crippen LogP contribution in [0.4, 0.5) is 0 Å². The lowest BCUT2D eigenvalue weighted by Gasteiger charge is -2.35. The second-order valence-corrected chi connectivity index (χ2v) is 8.21. The van der Waals surface area contributed by atoms with E-state index in [1.54, 1.807) is 6.07 Å². The molecule has 0 aliphatic carbocycles. The molecule has 2 saturated heterocycles. The lowest BCUT2D eigenvalue weighted by Crippen LogP contribution is -2.46. The normalized spacial score (nSPS) is 21.7. The van der Waals surface area contributed by atoms with Gasteiger partial charge in [-0.1, -0.05) is 12.1 Å². The van der Waals surface area contributed by atoms with E-state index in [0.717, 1.165) is 57.4 Å². The van der Waals surface area contributed by atoms with Crippen molar-refractivity contribution >= 4 is 11.8 Å². The van der Waals surface area contributed by atoms with Crippen molar-refractivity contribution in [1.82, 2.24) is 14.7 Å². The molecule has 0 spiro atoms. The largest absolute Gasteiger partial charge is 0.366 e. The summed E-state index contributed by atoms with van der Waals surface area (Å²) in [6.07, 6.45) is 4.18. The average Bonchev–Trinajstić information content (AvgIpc) is 3.11. The van der Waals surface area contributed by atoms with Gasteiger partial charge in [-0.2, -0.15) is 0 Å². The van der Waals surface area contributed by atoms with Gasteiger partial charge < -0.3 is 15.5 Å². The molecule has 2 aliphatic rings. The molecule has 0 radical (unpaired) electrons. The van der Waals surface area contributed by atoms with Crippen molar-refractivity contribution < 1.29 is 9.59 Å². The number of hydrogen-bond acceptors (Lipinski definition) is 4. The maximum absolute atomic E-state index is 12.7. The smallest absolute Gasteiger partial charge is 0.248 e. The van der Waals surface area contributed by atoms with Crippen LogP contribution >= 0.6 is 0 Å². The van der Waals surface area contributed by atoms with Gasteiger partial charge in [0.2, 0.25) is 11.8 Å². The van der Waals surface area contributed by atoms with Gasteiger partial charge in [-0.15, -0.1) is 0 Å². The highest BCUT2D eigenvalue weighted by Crippen LogP contribution is 2.22. The number of benzene rings is 1. The summed E-state index contributed by atoms with van der Waals surface area (Å²) < 4.78 is 0. The summed E-state index contributed by atoms with van der Waals surface area (Å²) in [4.78, 5) is 30.7. The number of likely N-dealkylation sites (N-methyl/N-ethyl adjacent to an activating group) is 1. The molecule has 1 aromatic carbocycles. The zero-order chi connectivity index (χ0) is 19.4. The van der Waals surface area contributed by atoms with Gasteiger partial charge in [0.1, 0.15) is 0 Å². The Balaban J connectivity index is 1.48. The van der Waals surface area contributed by atoms with E-state index < -0.39 is 5.91 Å². The summed E-state index contributed by atoms with van der Waals surface area (Å²) in [6.45, 7) is 4.37. The number of piperidine rings is 1. The molecule has 2 heterocycles. The molecular formula is C21H32N4O2. The van der Waals surface area contributed by atoms with E-state index in [1.165, 1.54) is 0 Å². The summed E-state index contributed by atoms with van der Waals surface area (Å²) >= 11 is 0. The van der Waals surface area contributed by atoms with E-state index in [-0.39, 0.29) is 5.91 Å². The Kier molecular flexibility index (Phi) is 6.50. The number of primary amides is 1. The predicted octanol–water partition coefficient (Wildman–Crippen LogP) is 1.20. The molecule has 0 saturated carbocycles. The first kappa shape index (κ1) is 19.8. The van der Waals surface area contributed by atoms with Crippen LogP contribution in [0.2, 0.25) is 0 Å². The average molecular weight is 373 g/mol. The Hall–Kier alpha value is -1.92. The standard InChI is InChI=1S/C21H32N4O2/c1-23-9-7-19(8-10-23)24(2)15-20(26)25-11-6-17(14-25)12-16-4-3-5-18(13-16)21(22)27/h3-5,13,17,19H,6-12,14-15H2,1-2H3,(H2,22,27)/t17-/m1/s1. The number of amides is 2. The van der Waals surface area contributed by atoms with Crippen LogP contribution in [0, 0.1) is 5.92 Å². The van der Waals surface area contributed by atoms with E-state index in [9.17, 15) is 9.59 Å². The Morgan fingerprint density at radius 2 is 1.93 bits per heavy atom. The summed E-state index contributed by atoms with van der Waals surface area (Å²) in [5.74, 6) is 0.299. The molecule has 148 valence electrons. The minimum Gasteiger partial charge on any atom is -0.366 e. The molecule has 6 nitrogen and oxygen atoms in total. The second kappa shape index (κ2) is 8.85. The molecule has 2 fully saturated rings. The summed E-state index contributed by atoms with van der Waals surface area (Å²) in [5, 5.41) is 0. The Bertz CT molecular complexity index is 670. The summed E-state index contributed by atoms with van der Waals surface area (Å²) in [5.41, 5.74) is 7.04. The first-order valence-corrected chi connectivity index (χ1v) is 9.97. The molecule has 0 aromatic heterocycles. The first-order chi connectivity index (χ1) is 12.9. The molecule has 1 aromatic rings. The number of carbonyl (C=O) groups excluding carboxylic acids is 2. The molecule has 2 N–H and O–H groups in total. The summed E-state index contributed by atoms with van der Waals surface area (Å²) in [7, 11) is 4.24. The first-order valence-electron chi connectivity index (χ1n) is 9.97. The van der Waals surface area contributed by atoms with Crippen molar-refractivity contribution in [3.8, 4) is 0 Å². The van der Waals surface area contributed by atoms with Crippen molar-refractivity contribution in [2.45, 2.75) is 31.7 Å². The molecule has 0 bridgehead atoms. The van der Waals surface area contributed by atoms with Gasteiger partial charge in [0, 0.05) is 24.7 Å². The van der Waals surface area contributed by atoms with Crippen LogP contribution in [0.5, 0.6) is 0 Å². The Labute approximate surface area is 162 Å². The van der Waals surface area contributed by atoms with Gasteiger partial charge in [-0.05, 0) is 76.5 Å². The van der Waals surface area contributed by atoms with Gasteiger partial charge >= 0.3 is 0 Å². The summed E-state index contributed by atoms with van der Waals surface area (Å²) in [6, 6.07) is 8.05. The van der Waals surface area contributed by atoms with Gasteiger partial charge in [0.25, 0.3) is 0 Å². The number of rotatable bonds is 6. The maximum Gasteiger partial charge on any atom is 0.248 e. The van der Waals surface area contributed by atoms with Crippen molar-refractivity contribution in [1.29, 1.82) is 0 Å². The van der Waals surface area contributed by atoms with E-state index in [1.807, 2.05) is 23.1 Å². The number of hydrogen-bond donors (Lipinski definition) is 1. The number of likely N-dealkylation sites (tertiary alicyclic amines) is 2. The molecule has 2 amide bonds. The monoisotopic (exact) mass is 372 g/mol. The number of carbonyl (C=O) groups is 2. The van der Waals surface area contributed by atoms with Gasteiger partial charge in [0.05, 0.1) is 6.54 Å². The van der Waals surface area contributed by atoms with E-state index in [2.05, 4.69) is 23.9 Å². The van der Waals surface area contributed by atoms with Crippen LogP contribution in [-0.4, -0.2) is 79.4 Å². The van der Waals surface area contributed by atoms with Crippen molar-refractivity contribution in [2.75, 3.05) is 46.8 Å². The minimum absolute atomic E-state index is 0.241. The fraction of sp³-hybridized carbons (Fsp3) is 0.619. The van der Waals surface area contributed by atoms with Crippen LogP contribution in [0.3, 0.4) is 0 Å². The second-order valence-electron chi connectivity index (χ2n) is 8.21. The highest BCUT2D eigenvalue weighted by molar-refractivity contribution is 5.92. The molecule has 0 unspecified atom stereocenters. The zero-order valence-corrected chi connectivity index (χ0v) is 16.6. The van der Waals surface area contributed by atoms with Gasteiger partial charge in [-0.3, -0.25) is 14.5 Å². The fourth-order valence-electron chi connectivity index (χ4n) is 4.29. The van der Waals surface area contributed by atoms with Crippen LogP contribution in [0.15, 0.2) is 24.3 Å². The topological polar surface area (TPSA) is 69.9 Å². The maximum atomic E-state index is 12.7. The third kappa shape index (κ3) is 5.30. The Morgan fingerprint density at radius 1 is 1.19 bits per heavy atom. The van der Waals surface area contributed by atoms with Gasteiger partial charge in [-0.25, -0.2) is 0 Å². The lowest BCUT2D eigenvalue weighted by atomic mass is 9.97. The molecule has 27 heavy (non-hydrogen) atoms. The van der Waals surface area contributed by atoms with Crippen molar-refractivity contribution in [3.63, 3.8) is 0 Å². The van der Waals surface area contributed by atoms with Crippen LogP contribution in [-0.2, 0) is 11.2 Å². The van der Waals surface area contributed by atoms with Crippen molar-refractivity contribution in [3.05, 3.63) is 35.4 Å². The van der Waals surface area contributed by atoms with E-state index >= 15 is 0 Å². The number of nitrogens with zero attached hydrogens (tertiary/aromatic N) is 3. The van der Waals surface area contributed by atoms with E-state index in [4.69, 9.17) is 5.73 Å². The predicted molar refractivity (Wildman–Crippen MR) is 106 cm³/mol. The molecular weight excluding hydrogens is 340 g/mol. The third-order valence-corrected chi connectivity index (χ3v) is 6.07. The quantitative estimate of drug-likeness (QED) is 0.815. The lowest BCUT2D eigenvalue weighted by molar-refractivity contribution is -0.131. The molecule has 1 atom stereocenters. The minimum atomic E-state index is -0.392. The van der Waals surface area contributed by atoms with Crippen LogP contribution in [0.25, 0.3) is 0 Å². The number of nitrogens with two attached hydrogens (primary N) is 1. The third-order valence-electron chi connectivity index (χ3n) is 6.07. The zero-order valence-electron chi connectivity index (χ0n) is 16.6. The molecule has 2 aliphatic heterocycles. The van der Waals surface area contributed by atoms with Crippen LogP contribution < -0.4 is 5.73 Å². The SMILES string of the molecule is CN1CCC(N(C)CC(=O)N2CC[C@H](Cc3cccc(C(N)=O)c3)C2)CC1. The Morgan fingerprint density at radius 3 is 2.63 bits per heavy atom. The van der Waals surface area contributed by atoms with Crippen molar-refractivity contribution in [2.24, 2.45) is 11.7 Å². The molecule has 3 rings (SSSR count). The van der Waals surface area contributed by atoms with Crippen LogP contribution in [0.1, 0.15) is 35.2 Å². The highest BCUT2D eigenvalue weighted by atomic mass is 16.2.